The molecular weight excluding hydrogens is 392 g/mol. The van der Waals surface area contributed by atoms with Crippen LogP contribution in [0.4, 0.5) is 11.4 Å². The van der Waals surface area contributed by atoms with Crippen molar-refractivity contribution in [3.05, 3.63) is 75.9 Å². The molecule has 1 aliphatic rings. The molecule has 7 nitrogen and oxygen atoms in total. The molecule has 162 valence electrons. The van der Waals surface area contributed by atoms with Crippen LogP contribution < -0.4 is 10.2 Å². The zero-order chi connectivity index (χ0) is 22.8. The smallest absolute Gasteiger partial charge is 0.293 e. The standard InChI is InChI=1S/C24H28N4O3/c1-4-6-10-20(5-2)18(3)26-24(29)21(17-25)15-19-11-12-22(23(16-19)28(30)31)27-13-8-7-9-14-27/h4-6,10-12,15-16,18H,2,7-9,13-14H2,1,3H3,(H,26,29)/b6-4-,20-10+,21-15+. The molecule has 1 saturated heterocycles. The number of anilines is 1. The second-order valence-electron chi connectivity index (χ2n) is 7.31. The van der Waals surface area contributed by atoms with E-state index in [9.17, 15) is 20.2 Å². The number of benzene rings is 1. The van der Waals surface area contributed by atoms with E-state index in [4.69, 9.17) is 0 Å². The van der Waals surface area contributed by atoms with Gasteiger partial charge in [0.2, 0.25) is 0 Å². The van der Waals surface area contributed by atoms with Crippen molar-refractivity contribution in [2.45, 2.75) is 39.2 Å². The molecule has 31 heavy (non-hydrogen) atoms. The van der Waals surface area contributed by atoms with Crippen LogP contribution in [0.15, 0.2) is 60.2 Å². The highest BCUT2D eigenvalue weighted by molar-refractivity contribution is 6.02. The molecule has 1 heterocycles. The van der Waals surface area contributed by atoms with E-state index in [0.717, 1.165) is 37.9 Å². The molecule has 1 atom stereocenters. The summed E-state index contributed by atoms with van der Waals surface area (Å²) in [5, 5.41) is 23.9. The van der Waals surface area contributed by atoms with Crippen molar-refractivity contribution in [2.75, 3.05) is 18.0 Å². The van der Waals surface area contributed by atoms with Gasteiger partial charge in [-0.3, -0.25) is 14.9 Å². The van der Waals surface area contributed by atoms with Gasteiger partial charge < -0.3 is 10.2 Å². The number of nitriles is 1. The van der Waals surface area contributed by atoms with Crippen LogP contribution in [0.2, 0.25) is 0 Å². The molecule has 1 aromatic carbocycles. The number of piperidine rings is 1. The summed E-state index contributed by atoms with van der Waals surface area (Å²) < 4.78 is 0. The van der Waals surface area contributed by atoms with Crippen molar-refractivity contribution in [1.29, 1.82) is 5.26 Å². The van der Waals surface area contributed by atoms with Crippen LogP contribution >= 0.6 is 0 Å². The number of carbonyl (C=O) groups excluding carboxylic acids is 1. The lowest BCUT2D eigenvalue weighted by atomic mass is 10.1. The number of nitrogens with zero attached hydrogens (tertiary/aromatic N) is 3. The Labute approximate surface area is 183 Å². The number of nitrogens with one attached hydrogen (secondary N) is 1. The molecule has 1 unspecified atom stereocenters. The zero-order valence-electron chi connectivity index (χ0n) is 18.0. The van der Waals surface area contributed by atoms with Gasteiger partial charge in [0.1, 0.15) is 17.3 Å². The maximum absolute atomic E-state index is 12.6. The number of hydrogen-bond acceptors (Lipinski definition) is 5. The normalized spacial score (nSPS) is 16.0. The average molecular weight is 421 g/mol. The number of rotatable bonds is 8. The fraction of sp³-hybridized carbons (Fsp3) is 0.333. The molecule has 1 amide bonds. The Bertz CT molecular complexity index is 964. The van der Waals surface area contributed by atoms with Crippen LogP contribution in [-0.4, -0.2) is 30.0 Å². The Hall–Kier alpha value is -3.66. The van der Waals surface area contributed by atoms with Gasteiger partial charge in [-0.1, -0.05) is 36.9 Å². The van der Waals surface area contributed by atoms with Crippen LogP contribution in [0.1, 0.15) is 38.7 Å². The van der Waals surface area contributed by atoms with Crippen molar-refractivity contribution >= 4 is 23.4 Å². The van der Waals surface area contributed by atoms with E-state index in [1.165, 1.54) is 12.1 Å². The Kier molecular flexibility index (Phi) is 8.77. The van der Waals surface area contributed by atoms with Gasteiger partial charge in [-0.15, -0.1) is 0 Å². The first-order valence-corrected chi connectivity index (χ1v) is 10.3. The Morgan fingerprint density at radius 3 is 2.65 bits per heavy atom. The van der Waals surface area contributed by atoms with Gasteiger partial charge in [0.25, 0.3) is 11.6 Å². The van der Waals surface area contributed by atoms with Crippen LogP contribution in [0.3, 0.4) is 0 Å². The van der Waals surface area contributed by atoms with E-state index in [2.05, 4.69) is 11.9 Å². The van der Waals surface area contributed by atoms with Gasteiger partial charge in [0, 0.05) is 19.2 Å². The second-order valence-corrected chi connectivity index (χ2v) is 7.31. The van der Waals surface area contributed by atoms with Gasteiger partial charge in [-0.25, -0.2) is 0 Å². The summed E-state index contributed by atoms with van der Waals surface area (Å²) in [5.41, 5.74) is 1.65. The highest BCUT2D eigenvalue weighted by Gasteiger charge is 2.22. The fourth-order valence-corrected chi connectivity index (χ4v) is 3.45. The predicted octanol–water partition coefficient (Wildman–Crippen LogP) is 4.69. The van der Waals surface area contributed by atoms with Crippen molar-refractivity contribution in [2.24, 2.45) is 0 Å². The number of amides is 1. The largest absolute Gasteiger partial charge is 0.366 e. The minimum atomic E-state index is -0.550. The number of allylic oxidation sites excluding steroid dienone is 3. The monoisotopic (exact) mass is 420 g/mol. The molecule has 0 spiro atoms. The molecule has 1 aliphatic heterocycles. The third-order valence-electron chi connectivity index (χ3n) is 5.13. The lowest BCUT2D eigenvalue weighted by Gasteiger charge is -2.28. The highest BCUT2D eigenvalue weighted by atomic mass is 16.6. The van der Waals surface area contributed by atoms with Crippen molar-refractivity contribution < 1.29 is 9.72 Å². The summed E-state index contributed by atoms with van der Waals surface area (Å²) >= 11 is 0. The van der Waals surface area contributed by atoms with E-state index in [0.29, 0.717) is 11.3 Å². The summed E-state index contributed by atoms with van der Waals surface area (Å²) in [6.07, 6.45) is 11.7. The minimum Gasteiger partial charge on any atom is -0.366 e. The molecule has 2 rings (SSSR count). The first-order valence-electron chi connectivity index (χ1n) is 10.3. The van der Waals surface area contributed by atoms with Gasteiger partial charge in [0.15, 0.2) is 0 Å². The van der Waals surface area contributed by atoms with Crippen LogP contribution in [-0.2, 0) is 4.79 Å². The Morgan fingerprint density at radius 1 is 1.35 bits per heavy atom. The van der Waals surface area contributed by atoms with Crippen molar-refractivity contribution in [3.63, 3.8) is 0 Å². The first-order chi connectivity index (χ1) is 14.9. The average Bonchev–Trinajstić information content (AvgIpc) is 2.78. The lowest BCUT2D eigenvalue weighted by Crippen LogP contribution is -2.34. The molecule has 0 aliphatic carbocycles. The summed E-state index contributed by atoms with van der Waals surface area (Å²) in [6.45, 7) is 8.99. The van der Waals surface area contributed by atoms with E-state index in [1.807, 2.05) is 36.1 Å². The molecule has 0 bridgehead atoms. The third kappa shape index (κ3) is 6.41. The fourth-order valence-electron chi connectivity index (χ4n) is 3.45. The van der Waals surface area contributed by atoms with Crippen LogP contribution in [0, 0.1) is 21.4 Å². The van der Waals surface area contributed by atoms with Gasteiger partial charge in [-0.2, -0.15) is 5.26 Å². The number of carbonyl (C=O) groups is 1. The first kappa shape index (κ1) is 23.6. The SMILES string of the molecule is C=C/C(=C\C=C/C)C(C)NC(=O)/C(C#N)=C/c1ccc(N2CCCCC2)c([N+](=O)[O-])c1. The molecular formula is C24H28N4O3. The van der Waals surface area contributed by atoms with Crippen LogP contribution in [0.5, 0.6) is 0 Å². The predicted molar refractivity (Wildman–Crippen MR) is 123 cm³/mol. The zero-order valence-corrected chi connectivity index (χ0v) is 18.0. The number of nitro groups is 1. The van der Waals surface area contributed by atoms with E-state index >= 15 is 0 Å². The quantitative estimate of drug-likeness (QED) is 0.216. The minimum absolute atomic E-state index is 0.0232. The highest BCUT2D eigenvalue weighted by Crippen LogP contribution is 2.32. The topological polar surface area (TPSA) is 99.3 Å². The number of hydrogen-bond donors (Lipinski definition) is 1. The second kappa shape index (κ2) is 11.5. The van der Waals surface area contributed by atoms with Crippen molar-refractivity contribution in [1.82, 2.24) is 5.32 Å². The third-order valence-corrected chi connectivity index (χ3v) is 5.13. The lowest BCUT2D eigenvalue weighted by molar-refractivity contribution is -0.384. The van der Waals surface area contributed by atoms with Gasteiger partial charge >= 0.3 is 0 Å². The maximum atomic E-state index is 12.6. The molecule has 7 heteroatoms. The van der Waals surface area contributed by atoms with E-state index in [1.54, 1.807) is 25.1 Å². The van der Waals surface area contributed by atoms with Crippen LogP contribution in [0.25, 0.3) is 6.08 Å². The molecule has 0 saturated carbocycles. The summed E-state index contributed by atoms with van der Waals surface area (Å²) in [5.74, 6) is -0.550. The number of nitro benzene ring substituents is 1. The molecule has 1 aromatic rings. The molecule has 1 N–H and O–H groups in total. The van der Waals surface area contributed by atoms with Gasteiger partial charge in [-0.05, 0) is 56.4 Å². The Morgan fingerprint density at radius 2 is 2.06 bits per heavy atom. The molecule has 0 radical (unpaired) electrons. The summed E-state index contributed by atoms with van der Waals surface area (Å²) in [6, 6.07) is 6.35. The molecule has 0 aromatic heterocycles. The Balaban J connectivity index is 2.27. The van der Waals surface area contributed by atoms with Gasteiger partial charge in [0.05, 0.1) is 11.0 Å². The van der Waals surface area contributed by atoms with Crippen molar-refractivity contribution in [3.8, 4) is 6.07 Å². The summed E-state index contributed by atoms with van der Waals surface area (Å²) in [4.78, 5) is 25.8. The summed E-state index contributed by atoms with van der Waals surface area (Å²) in [7, 11) is 0. The maximum Gasteiger partial charge on any atom is 0.293 e. The van der Waals surface area contributed by atoms with E-state index < -0.39 is 10.8 Å². The van der Waals surface area contributed by atoms with E-state index in [-0.39, 0.29) is 17.3 Å². The molecule has 1 fully saturated rings.